The lowest BCUT2D eigenvalue weighted by atomic mass is 10.1. The number of carbonyl (C=O) groups excluding carboxylic acids is 2. The fourth-order valence-corrected chi connectivity index (χ4v) is 3.38. The molecule has 2 atom stereocenters. The Morgan fingerprint density at radius 2 is 1.79 bits per heavy atom. The Kier molecular flexibility index (Phi) is 9.85. The molecule has 0 aliphatic carbocycles. The molecule has 2 amide bonds. The third-order valence-corrected chi connectivity index (χ3v) is 5.57. The van der Waals surface area contributed by atoms with Crippen molar-refractivity contribution in [2.24, 2.45) is 0 Å². The highest BCUT2D eigenvalue weighted by Gasteiger charge is 2.29. The quantitative estimate of drug-likeness (QED) is 0.370. The van der Waals surface area contributed by atoms with Crippen molar-refractivity contribution in [3.05, 3.63) is 63.7 Å². The van der Waals surface area contributed by atoms with Crippen molar-refractivity contribution >= 4 is 17.5 Å². The van der Waals surface area contributed by atoms with Crippen LogP contribution in [0.15, 0.2) is 42.5 Å². The van der Waals surface area contributed by atoms with Crippen LogP contribution >= 0.6 is 0 Å². The molecule has 2 aromatic carbocycles. The van der Waals surface area contributed by atoms with Crippen LogP contribution in [0.1, 0.15) is 44.7 Å². The second kappa shape index (κ2) is 12.6. The smallest absolute Gasteiger partial charge is 0.311 e. The molecule has 9 heteroatoms. The maximum atomic E-state index is 13.3. The summed E-state index contributed by atoms with van der Waals surface area (Å²) >= 11 is 0. The van der Waals surface area contributed by atoms with E-state index < -0.39 is 11.0 Å². The Bertz CT molecular complexity index is 993. The molecular weight excluding hydrogens is 438 g/mol. The number of hydrogen-bond acceptors (Lipinski definition) is 6. The molecule has 0 heterocycles. The summed E-state index contributed by atoms with van der Waals surface area (Å²) in [5.41, 5.74) is 1.79. The molecule has 2 aromatic rings. The van der Waals surface area contributed by atoms with E-state index in [1.165, 1.54) is 30.2 Å². The van der Waals surface area contributed by atoms with Crippen molar-refractivity contribution in [1.82, 2.24) is 10.2 Å². The minimum absolute atomic E-state index is 0.0123. The molecule has 0 aliphatic rings. The highest BCUT2D eigenvalue weighted by molar-refractivity contribution is 5.88. The largest absolute Gasteiger partial charge is 0.490 e. The van der Waals surface area contributed by atoms with Gasteiger partial charge in [-0.2, -0.15) is 0 Å². The van der Waals surface area contributed by atoms with E-state index in [2.05, 4.69) is 5.32 Å². The summed E-state index contributed by atoms with van der Waals surface area (Å²) in [6, 6.07) is 11.1. The number of aryl methyl sites for hydroxylation is 1. The first-order chi connectivity index (χ1) is 16.2. The summed E-state index contributed by atoms with van der Waals surface area (Å²) in [4.78, 5) is 38.3. The molecule has 34 heavy (non-hydrogen) atoms. The number of ether oxygens (including phenoxy) is 2. The van der Waals surface area contributed by atoms with Crippen LogP contribution in [0.3, 0.4) is 0 Å². The van der Waals surface area contributed by atoms with Crippen LogP contribution < -0.4 is 14.8 Å². The summed E-state index contributed by atoms with van der Waals surface area (Å²) in [7, 11) is 1.32. The van der Waals surface area contributed by atoms with Gasteiger partial charge in [0.1, 0.15) is 11.8 Å². The normalized spacial score (nSPS) is 12.4. The number of nitro benzene ring substituents is 1. The molecule has 0 saturated carbocycles. The van der Waals surface area contributed by atoms with E-state index in [1.54, 1.807) is 0 Å². The van der Waals surface area contributed by atoms with Gasteiger partial charge >= 0.3 is 5.69 Å². The number of carbonyl (C=O) groups is 2. The minimum Gasteiger partial charge on any atom is -0.490 e. The average Bonchev–Trinajstić information content (AvgIpc) is 2.83. The number of nitro groups is 1. The van der Waals surface area contributed by atoms with Crippen LogP contribution in [0.25, 0.3) is 0 Å². The molecule has 184 valence electrons. The first kappa shape index (κ1) is 26.6. The molecule has 0 fully saturated rings. The molecule has 1 N–H and O–H groups in total. The number of benzene rings is 2. The van der Waals surface area contributed by atoms with Gasteiger partial charge in [-0.05, 0) is 38.3 Å². The zero-order chi connectivity index (χ0) is 25.3. The van der Waals surface area contributed by atoms with Crippen LogP contribution in [-0.2, 0) is 16.1 Å². The maximum Gasteiger partial charge on any atom is 0.311 e. The lowest BCUT2D eigenvalue weighted by Gasteiger charge is -2.31. The van der Waals surface area contributed by atoms with Gasteiger partial charge in [0, 0.05) is 24.7 Å². The summed E-state index contributed by atoms with van der Waals surface area (Å²) in [5, 5.41) is 14.1. The van der Waals surface area contributed by atoms with Gasteiger partial charge in [-0.1, -0.05) is 43.7 Å². The van der Waals surface area contributed by atoms with E-state index >= 15 is 0 Å². The van der Waals surface area contributed by atoms with Gasteiger partial charge in [0.05, 0.1) is 12.0 Å². The first-order valence-corrected chi connectivity index (χ1v) is 11.3. The second-order valence-electron chi connectivity index (χ2n) is 8.13. The van der Waals surface area contributed by atoms with Gasteiger partial charge in [0.2, 0.25) is 11.7 Å². The number of nitrogens with zero attached hydrogens (tertiary/aromatic N) is 2. The van der Waals surface area contributed by atoms with Crippen molar-refractivity contribution in [2.45, 2.75) is 59.2 Å². The summed E-state index contributed by atoms with van der Waals surface area (Å²) in [6.45, 7) is 7.65. The fourth-order valence-electron chi connectivity index (χ4n) is 3.38. The van der Waals surface area contributed by atoms with E-state index in [4.69, 9.17) is 9.47 Å². The summed E-state index contributed by atoms with van der Waals surface area (Å²) in [6.07, 6.45) is 1.21. The van der Waals surface area contributed by atoms with Crippen molar-refractivity contribution in [1.29, 1.82) is 0 Å². The zero-order valence-corrected chi connectivity index (χ0v) is 20.4. The topological polar surface area (TPSA) is 111 Å². The van der Waals surface area contributed by atoms with Gasteiger partial charge in [-0.3, -0.25) is 19.7 Å². The molecule has 0 bridgehead atoms. The summed E-state index contributed by atoms with van der Waals surface area (Å²) < 4.78 is 10.7. The van der Waals surface area contributed by atoms with Crippen molar-refractivity contribution in [3.8, 4) is 11.5 Å². The molecule has 0 saturated heterocycles. The van der Waals surface area contributed by atoms with Crippen LogP contribution in [0, 0.1) is 17.0 Å². The number of nitrogens with one attached hydrogen (secondary N) is 1. The minimum atomic E-state index is -0.669. The van der Waals surface area contributed by atoms with Crippen LogP contribution in [-0.4, -0.2) is 47.4 Å². The lowest BCUT2D eigenvalue weighted by molar-refractivity contribution is -0.385. The third kappa shape index (κ3) is 7.19. The molecule has 0 aliphatic heterocycles. The van der Waals surface area contributed by atoms with Gasteiger partial charge in [-0.15, -0.1) is 0 Å². The highest BCUT2D eigenvalue weighted by atomic mass is 16.6. The predicted octanol–water partition coefficient (Wildman–Crippen LogP) is 4.01. The molecule has 0 radical (unpaired) electrons. The molecule has 2 rings (SSSR count). The Morgan fingerprint density at radius 3 is 2.35 bits per heavy atom. The van der Waals surface area contributed by atoms with Crippen LogP contribution in [0.2, 0.25) is 0 Å². The van der Waals surface area contributed by atoms with Crippen LogP contribution in [0.4, 0.5) is 5.69 Å². The zero-order valence-electron chi connectivity index (χ0n) is 20.4. The lowest BCUT2D eigenvalue weighted by Crippen LogP contribution is -2.51. The van der Waals surface area contributed by atoms with E-state index in [-0.39, 0.29) is 48.2 Å². The van der Waals surface area contributed by atoms with E-state index in [1.807, 2.05) is 52.0 Å². The monoisotopic (exact) mass is 471 g/mol. The van der Waals surface area contributed by atoms with Gasteiger partial charge in [-0.25, -0.2) is 0 Å². The van der Waals surface area contributed by atoms with E-state index in [0.717, 1.165) is 17.5 Å². The maximum absolute atomic E-state index is 13.3. The van der Waals surface area contributed by atoms with Crippen molar-refractivity contribution < 1.29 is 24.0 Å². The number of methoxy groups -OCH3 is 1. The molecule has 9 nitrogen and oxygen atoms in total. The van der Waals surface area contributed by atoms with Crippen molar-refractivity contribution in [2.75, 3.05) is 13.7 Å². The Morgan fingerprint density at radius 1 is 1.12 bits per heavy atom. The Hall–Kier alpha value is -3.62. The number of amides is 2. The SMILES string of the molecule is CCC(C)NC(=O)C(CC)N(Cc1ccc(C)cc1)C(=O)COc1ccc([N+](=O)[O-])c(OC)c1. The number of rotatable bonds is 12. The summed E-state index contributed by atoms with van der Waals surface area (Å²) in [5.74, 6) is -0.299. The van der Waals surface area contributed by atoms with Gasteiger partial charge in [0.15, 0.2) is 6.61 Å². The molecule has 0 aromatic heterocycles. The Balaban J connectivity index is 2.24. The van der Waals surface area contributed by atoms with E-state index in [0.29, 0.717) is 6.42 Å². The Labute approximate surface area is 200 Å². The van der Waals surface area contributed by atoms with E-state index in [9.17, 15) is 19.7 Å². The average molecular weight is 472 g/mol. The first-order valence-electron chi connectivity index (χ1n) is 11.3. The van der Waals surface area contributed by atoms with Gasteiger partial charge < -0.3 is 19.7 Å². The molecule has 2 unspecified atom stereocenters. The predicted molar refractivity (Wildman–Crippen MR) is 129 cm³/mol. The van der Waals surface area contributed by atoms with Crippen molar-refractivity contribution in [3.63, 3.8) is 0 Å². The highest BCUT2D eigenvalue weighted by Crippen LogP contribution is 2.30. The third-order valence-electron chi connectivity index (χ3n) is 5.57. The fraction of sp³-hybridized carbons (Fsp3) is 0.440. The second-order valence-corrected chi connectivity index (χ2v) is 8.13. The van der Waals surface area contributed by atoms with Gasteiger partial charge in [0.25, 0.3) is 5.91 Å². The molecular formula is C25H33N3O6. The molecule has 0 spiro atoms. The number of hydrogen-bond donors (Lipinski definition) is 1. The van der Waals surface area contributed by atoms with Crippen LogP contribution in [0.5, 0.6) is 11.5 Å². The standard InChI is InChI=1S/C25H33N3O6/c1-6-18(4)26-25(30)21(7-2)27(15-19-10-8-17(3)9-11-19)24(29)16-34-20-12-13-22(28(31)32)23(14-20)33-5/h8-14,18,21H,6-7,15-16H2,1-5H3,(H,26,30).